The highest BCUT2D eigenvalue weighted by Crippen LogP contribution is 2.32. The van der Waals surface area contributed by atoms with Crippen LogP contribution in [0.2, 0.25) is 0 Å². The Morgan fingerprint density at radius 3 is 2.62 bits per heavy atom. The lowest BCUT2D eigenvalue weighted by molar-refractivity contribution is -0.0704. The highest BCUT2D eigenvalue weighted by Gasteiger charge is 2.30. The van der Waals surface area contributed by atoms with E-state index in [1.807, 2.05) is 35.2 Å². The van der Waals surface area contributed by atoms with E-state index in [1.54, 1.807) is 12.4 Å². The van der Waals surface area contributed by atoms with Crippen LogP contribution in [0.1, 0.15) is 43.9 Å². The topological polar surface area (TPSA) is 57.7 Å². The van der Waals surface area contributed by atoms with Gasteiger partial charge in [-0.15, -0.1) is 0 Å². The van der Waals surface area contributed by atoms with Crippen LogP contribution < -0.4 is 5.32 Å². The van der Waals surface area contributed by atoms with Gasteiger partial charge in [0.2, 0.25) is 0 Å². The van der Waals surface area contributed by atoms with Gasteiger partial charge < -0.3 is 15.0 Å². The number of carbonyl (C=O) groups excluding carboxylic acids is 1. The molecule has 1 aromatic heterocycles. The quantitative estimate of drug-likeness (QED) is 0.850. The Bertz CT molecular complexity index is 819. The average Bonchev–Trinajstić information content (AvgIpc) is 3.19. The molecule has 0 saturated carbocycles. The van der Waals surface area contributed by atoms with Gasteiger partial charge in [0.25, 0.3) is 0 Å². The van der Waals surface area contributed by atoms with Crippen molar-refractivity contribution in [2.24, 2.45) is 0 Å². The Morgan fingerprint density at radius 2 is 1.86 bits per heavy atom. The van der Waals surface area contributed by atoms with E-state index in [1.165, 1.54) is 0 Å². The predicted octanol–water partition coefficient (Wildman–Crippen LogP) is 4.06. The summed E-state index contributed by atoms with van der Waals surface area (Å²) in [7, 11) is 0. The molecule has 0 spiro atoms. The van der Waals surface area contributed by atoms with Crippen molar-refractivity contribution in [3.05, 3.63) is 59.9 Å². The fourth-order valence-electron chi connectivity index (χ4n) is 4.56. The zero-order valence-electron chi connectivity index (χ0n) is 17.3. The summed E-state index contributed by atoms with van der Waals surface area (Å²) in [5.74, 6) is 0. The number of amides is 2. The van der Waals surface area contributed by atoms with Gasteiger partial charge in [0, 0.05) is 44.3 Å². The van der Waals surface area contributed by atoms with Gasteiger partial charge in [-0.25, -0.2) is 4.79 Å². The van der Waals surface area contributed by atoms with Crippen LogP contribution in [0.25, 0.3) is 0 Å². The van der Waals surface area contributed by atoms with Gasteiger partial charge in [0.15, 0.2) is 0 Å². The van der Waals surface area contributed by atoms with Crippen LogP contribution in [0.5, 0.6) is 0 Å². The largest absolute Gasteiger partial charge is 0.373 e. The second-order valence-electron chi connectivity index (χ2n) is 8.17. The van der Waals surface area contributed by atoms with Crippen molar-refractivity contribution < 1.29 is 9.53 Å². The minimum absolute atomic E-state index is 0.0273. The summed E-state index contributed by atoms with van der Waals surface area (Å²) in [4.78, 5) is 21.6. The van der Waals surface area contributed by atoms with Crippen LogP contribution in [0.15, 0.2) is 48.8 Å². The number of rotatable bonds is 4. The molecule has 4 rings (SSSR count). The standard InChI is InChI=1S/C23H30N4O2/c1-17-14-26(15-18(2)29-17)16-20-6-3-4-7-21(20)25-23(28)27-13-5-8-22(27)19-9-11-24-12-10-19/h3-4,6-7,9-12,17-18,22H,5,8,13-16H2,1-2H3,(H,25,28). The van der Waals surface area contributed by atoms with Gasteiger partial charge >= 0.3 is 6.03 Å². The van der Waals surface area contributed by atoms with Gasteiger partial charge in [-0.1, -0.05) is 18.2 Å². The first-order chi connectivity index (χ1) is 14.1. The summed E-state index contributed by atoms with van der Waals surface area (Å²) in [5.41, 5.74) is 3.18. The highest BCUT2D eigenvalue weighted by atomic mass is 16.5. The molecule has 2 aliphatic heterocycles. The number of morpholine rings is 1. The second kappa shape index (κ2) is 8.93. The number of carbonyl (C=O) groups is 1. The SMILES string of the molecule is CC1CN(Cc2ccccc2NC(=O)N2CCCC2c2ccncc2)CC(C)O1. The molecule has 1 N–H and O–H groups in total. The van der Waals surface area contributed by atoms with Crippen molar-refractivity contribution in [2.75, 3.05) is 25.0 Å². The zero-order chi connectivity index (χ0) is 20.2. The van der Waals surface area contributed by atoms with E-state index in [-0.39, 0.29) is 24.3 Å². The van der Waals surface area contributed by atoms with Crippen molar-refractivity contribution >= 4 is 11.7 Å². The monoisotopic (exact) mass is 394 g/mol. The molecular formula is C23H30N4O2. The van der Waals surface area contributed by atoms with E-state index in [2.05, 4.69) is 35.1 Å². The van der Waals surface area contributed by atoms with Gasteiger partial charge in [0.1, 0.15) is 0 Å². The maximum Gasteiger partial charge on any atom is 0.322 e. The van der Waals surface area contributed by atoms with Crippen molar-refractivity contribution in [2.45, 2.75) is 51.5 Å². The van der Waals surface area contributed by atoms with E-state index in [4.69, 9.17) is 4.74 Å². The number of nitrogens with one attached hydrogen (secondary N) is 1. The molecule has 3 heterocycles. The molecular weight excluding hydrogens is 364 g/mol. The number of likely N-dealkylation sites (tertiary alicyclic amines) is 1. The summed E-state index contributed by atoms with van der Waals surface area (Å²) in [6, 6.07) is 12.2. The Labute approximate surface area is 172 Å². The number of nitrogens with zero attached hydrogens (tertiary/aromatic N) is 3. The maximum atomic E-state index is 13.1. The fraction of sp³-hybridized carbons (Fsp3) is 0.478. The van der Waals surface area contributed by atoms with Crippen LogP contribution in [0, 0.1) is 0 Å². The highest BCUT2D eigenvalue weighted by molar-refractivity contribution is 5.90. The molecule has 0 bridgehead atoms. The zero-order valence-corrected chi connectivity index (χ0v) is 17.3. The van der Waals surface area contributed by atoms with Gasteiger partial charge in [-0.05, 0) is 56.0 Å². The first-order valence-corrected chi connectivity index (χ1v) is 10.5. The number of hydrogen-bond donors (Lipinski definition) is 1. The smallest absolute Gasteiger partial charge is 0.322 e. The Hall–Kier alpha value is -2.44. The first-order valence-electron chi connectivity index (χ1n) is 10.5. The third-order valence-corrected chi connectivity index (χ3v) is 5.75. The number of ether oxygens (including phenoxy) is 1. The van der Waals surface area contributed by atoms with Crippen molar-refractivity contribution in [3.8, 4) is 0 Å². The molecule has 2 amide bonds. The van der Waals surface area contributed by atoms with Gasteiger partial charge in [-0.3, -0.25) is 9.88 Å². The molecule has 2 saturated heterocycles. The van der Waals surface area contributed by atoms with E-state index >= 15 is 0 Å². The molecule has 1 aromatic carbocycles. The molecule has 0 radical (unpaired) electrons. The van der Waals surface area contributed by atoms with E-state index in [0.29, 0.717) is 0 Å². The minimum Gasteiger partial charge on any atom is -0.373 e. The lowest BCUT2D eigenvalue weighted by Crippen LogP contribution is -2.45. The maximum absolute atomic E-state index is 13.1. The predicted molar refractivity (Wildman–Crippen MR) is 114 cm³/mol. The fourth-order valence-corrected chi connectivity index (χ4v) is 4.56. The van der Waals surface area contributed by atoms with E-state index < -0.39 is 0 Å². The summed E-state index contributed by atoms with van der Waals surface area (Å²) >= 11 is 0. The van der Waals surface area contributed by atoms with Crippen molar-refractivity contribution in [1.29, 1.82) is 0 Å². The molecule has 3 unspecified atom stereocenters. The number of anilines is 1. The summed E-state index contributed by atoms with van der Waals surface area (Å²) in [5, 5.41) is 3.18. The third kappa shape index (κ3) is 4.77. The lowest BCUT2D eigenvalue weighted by atomic mass is 10.1. The number of aromatic nitrogens is 1. The molecule has 0 aliphatic carbocycles. The Kier molecular flexibility index (Phi) is 6.11. The lowest BCUT2D eigenvalue weighted by Gasteiger charge is -2.35. The van der Waals surface area contributed by atoms with Crippen molar-refractivity contribution in [1.82, 2.24) is 14.8 Å². The van der Waals surface area contributed by atoms with Crippen molar-refractivity contribution in [3.63, 3.8) is 0 Å². The summed E-state index contributed by atoms with van der Waals surface area (Å²) in [6.07, 6.45) is 6.05. The van der Waals surface area contributed by atoms with Crippen LogP contribution in [-0.2, 0) is 11.3 Å². The number of para-hydroxylation sites is 1. The van der Waals surface area contributed by atoms with Gasteiger partial charge in [-0.2, -0.15) is 0 Å². The van der Waals surface area contributed by atoms with E-state index in [0.717, 1.165) is 55.8 Å². The normalized spacial score (nSPS) is 25.2. The Morgan fingerprint density at radius 1 is 1.14 bits per heavy atom. The average molecular weight is 395 g/mol. The van der Waals surface area contributed by atoms with Crippen LogP contribution in [-0.4, -0.2) is 52.7 Å². The molecule has 2 fully saturated rings. The summed E-state index contributed by atoms with van der Waals surface area (Å²) in [6.45, 7) is 7.62. The molecule has 154 valence electrons. The number of benzene rings is 1. The van der Waals surface area contributed by atoms with Crippen LogP contribution in [0.3, 0.4) is 0 Å². The molecule has 6 nitrogen and oxygen atoms in total. The molecule has 3 atom stereocenters. The van der Waals surface area contributed by atoms with E-state index in [9.17, 15) is 4.79 Å². The summed E-state index contributed by atoms with van der Waals surface area (Å²) < 4.78 is 5.85. The van der Waals surface area contributed by atoms with Crippen LogP contribution >= 0.6 is 0 Å². The molecule has 2 aromatic rings. The first kappa shape index (κ1) is 19.9. The third-order valence-electron chi connectivity index (χ3n) is 5.75. The number of hydrogen-bond acceptors (Lipinski definition) is 4. The number of urea groups is 1. The molecule has 2 aliphatic rings. The molecule has 29 heavy (non-hydrogen) atoms. The molecule has 6 heteroatoms. The number of pyridine rings is 1. The Balaban J connectivity index is 1.46. The second-order valence-corrected chi connectivity index (χ2v) is 8.17. The van der Waals surface area contributed by atoms with Gasteiger partial charge in [0.05, 0.1) is 18.2 Å². The van der Waals surface area contributed by atoms with Crippen LogP contribution in [0.4, 0.5) is 10.5 Å². The minimum atomic E-state index is -0.0273.